The first-order chi connectivity index (χ1) is 16.7. The molecule has 1 aliphatic heterocycles. The van der Waals surface area contributed by atoms with E-state index in [1.54, 1.807) is 23.1 Å². The van der Waals surface area contributed by atoms with E-state index in [2.05, 4.69) is 16.7 Å². The lowest BCUT2D eigenvalue weighted by atomic mass is 9.99. The lowest BCUT2D eigenvalue weighted by Crippen LogP contribution is -2.36. The van der Waals surface area contributed by atoms with E-state index in [0.29, 0.717) is 43.0 Å². The molecule has 0 fully saturated rings. The summed E-state index contributed by atoms with van der Waals surface area (Å²) >= 11 is 0. The Bertz CT molecular complexity index is 1220. The minimum Gasteiger partial charge on any atom is -0.334 e. The molecule has 3 aromatic rings. The fraction of sp³-hybridized carbons (Fsp3) is 0.259. The number of hydrogen-bond donors (Lipinski definition) is 2. The van der Waals surface area contributed by atoms with Crippen LogP contribution in [0.3, 0.4) is 0 Å². The highest BCUT2D eigenvalue weighted by Gasteiger charge is 2.29. The van der Waals surface area contributed by atoms with Gasteiger partial charge in [0.05, 0.1) is 5.56 Å². The zero-order chi connectivity index (χ0) is 25.0. The molecule has 35 heavy (non-hydrogen) atoms. The third-order valence-corrected chi connectivity index (χ3v) is 5.92. The molecule has 0 saturated heterocycles. The van der Waals surface area contributed by atoms with Crippen LogP contribution in [0.1, 0.15) is 45.1 Å². The first kappa shape index (κ1) is 24.5. The van der Waals surface area contributed by atoms with Gasteiger partial charge in [-0.2, -0.15) is 13.2 Å². The van der Waals surface area contributed by atoms with Crippen molar-refractivity contribution >= 4 is 17.5 Å². The third-order valence-electron chi connectivity index (χ3n) is 5.92. The highest BCUT2D eigenvalue weighted by molar-refractivity contribution is 5.97. The molecule has 0 saturated carbocycles. The van der Waals surface area contributed by atoms with Crippen LogP contribution in [0.15, 0.2) is 66.7 Å². The summed E-state index contributed by atoms with van der Waals surface area (Å²) in [6.07, 6.45) is -3.58. The minimum absolute atomic E-state index is 0.115. The van der Waals surface area contributed by atoms with Crippen LogP contribution < -0.4 is 10.6 Å². The first-order valence-corrected chi connectivity index (χ1v) is 11.3. The van der Waals surface area contributed by atoms with Crippen molar-refractivity contribution in [1.82, 2.24) is 10.2 Å². The van der Waals surface area contributed by atoms with Crippen LogP contribution in [0.4, 0.5) is 18.9 Å². The molecule has 8 heteroatoms. The summed E-state index contributed by atoms with van der Waals surface area (Å²) in [5.41, 5.74) is 4.17. The second-order valence-corrected chi connectivity index (χ2v) is 8.64. The predicted molar refractivity (Wildman–Crippen MR) is 128 cm³/mol. The lowest BCUT2D eigenvalue weighted by Gasteiger charge is -2.29. The number of fused-ring (bicyclic) bond motifs is 1. The quantitative estimate of drug-likeness (QED) is 0.512. The zero-order valence-corrected chi connectivity index (χ0v) is 19.3. The van der Waals surface area contributed by atoms with Crippen molar-refractivity contribution in [3.05, 3.63) is 100 Å². The summed E-state index contributed by atoms with van der Waals surface area (Å²) in [5.74, 6) is -0.360. The van der Waals surface area contributed by atoms with Gasteiger partial charge in [-0.25, -0.2) is 0 Å². The molecule has 2 N–H and O–H groups in total. The van der Waals surface area contributed by atoms with Gasteiger partial charge in [-0.3, -0.25) is 9.59 Å². The minimum atomic E-state index is -4.37. The highest BCUT2D eigenvalue weighted by Crippen LogP contribution is 2.29. The number of anilines is 1. The normalized spacial score (nSPS) is 13.3. The van der Waals surface area contributed by atoms with Gasteiger partial charge in [0.1, 0.15) is 0 Å². The summed E-state index contributed by atoms with van der Waals surface area (Å²) in [6, 6.07) is 18.3. The van der Waals surface area contributed by atoms with E-state index in [1.807, 2.05) is 18.2 Å². The Labute approximate surface area is 202 Å². The Balaban J connectivity index is 1.46. The summed E-state index contributed by atoms with van der Waals surface area (Å²) in [4.78, 5) is 26.7. The molecule has 4 rings (SSSR count). The second kappa shape index (κ2) is 10.3. The third kappa shape index (κ3) is 6.27. The van der Waals surface area contributed by atoms with Crippen LogP contribution in [0, 0.1) is 0 Å². The number of benzene rings is 3. The van der Waals surface area contributed by atoms with Gasteiger partial charge < -0.3 is 15.5 Å². The molecule has 3 aromatic carbocycles. The maximum atomic E-state index is 13.3. The molecule has 0 radical (unpaired) electrons. The van der Waals surface area contributed by atoms with Crippen LogP contribution >= 0.6 is 0 Å². The number of halogens is 3. The number of carbonyl (C=O) groups is 2. The van der Waals surface area contributed by atoms with Crippen LogP contribution in [0.5, 0.6) is 0 Å². The molecule has 0 unspecified atom stereocenters. The molecular formula is C27H26F3N3O2. The Kier molecular flexibility index (Phi) is 7.21. The van der Waals surface area contributed by atoms with Gasteiger partial charge >= 0.3 is 6.18 Å². The van der Waals surface area contributed by atoms with Crippen LogP contribution in [0.2, 0.25) is 0 Å². The molecule has 182 valence electrons. The molecule has 0 aromatic heterocycles. The number of rotatable bonds is 6. The van der Waals surface area contributed by atoms with Gasteiger partial charge in [-0.05, 0) is 59.0 Å². The Hall–Kier alpha value is -3.65. The van der Waals surface area contributed by atoms with E-state index in [1.165, 1.54) is 24.6 Å². The van der Waals surface area contributed by atoms with E-state index >= 15 is 0 Å². The van der Waals surface area contributed by atoms with Crippen LogP contribution in [0.25, 0.3) is 0 Å². The smallest absolute Gasteiger partial charge is 0.334 e. The Morgan fingerprint density at radius 1 is 0.914 bits per heavy atom. The fourth-order valence-corrected chi connectivity index (χ4v) is 4.21. The van der Waals surface area contributed by atoms with Gasteiger partial charge in [0.15, 0.2) is 0 Å². The van der Waals surface area contributed by atoms with Crippen molar-refractivity contribution in [1.29, 1.82) is 0 Å². The van der Waals surface area contributed by atoms with Crippen molar-refractivity contribution in [2.45, 2.75) is 39.2 Å². The maximum absolute atomic E-state index is 13.3. The van der Waals surface area contributed by atoms with Crippen molar-refractivity contribution in [3.63, 3.8) is 0 Å². The van der Waals surface area contributed by atoms with Crippen LogP contribution in [-0.2, 0) is 37.0 Å². The molecule has 2 amide bonds. The molecular weight excluding hydrogens is 455 g/mol. The number of amides is 2. The molecule has 1 aliphatic rings. The van der Waals surface area contributed by atoms with E-state index < -0.39 is 11.7 Å². The van der Waals surface area contributed by atoms with Crippen LogP contribution in [-0.4, -0.2) is 23.3 Å². The summed E-state index contributed by atoms with van der Waals surface area (Å²) in [5, 5.41) is 5.94. The number of hydrogen-bond acceptors (Lipinski definition) is 3. The molecule has 0 spiro atoms. The van der Waals surface area contributed by atoms with E-state index in [4.69, 9.17) is 0 Å². The first-order valence-electron chi connectivity index (χ1n) is 11.3. The Morgan fingerprint density at radius 3 is 2.29 bits per heavy atom. The highest BCUT2D eigenvalue weighted by atomic mass is 19.4. The monoisotopic (exact) mass is 481 g/mol. The summed E-state index contributed by atoms with van der Waals surface area (Å²) in [6.45, 7) is 3.27. The zero-order valence-electron chi connectivity index (χ0n) is 19.3. The molecule has 5 nitrogen and oxygen atoms in total. The van der Waals surface area contributed by atoms with Gasteiger partial charge in [0.2, 0.25) is 5.91 Å². The van der Waals surface area contributed by atoms with Gasteiger partial charge in [0.25, 0.3) is 5.91 Å². The second-order valence-electron chi connectivity index (χ2n) is 8.64. The summed E-state index contributed by atoms with van der Waals surface area (Å²) in [7, 11) is 0. The largest absolute Gasteiger partial charge is 0.416 e. The molecule has 1 heterocycles. The summed E-state index contributed by atoms with van der Waals surface area (Å²) < 4.78 is 38.3. The molecule has 0 bridgehead atoms. The average Bonchev–Trinajstić information content (AvgIpc) is 2.82. The van der Waals surface area contributed by atoms with E-state index in [0.717, 1.165) is 29.7 Å². The van der Waals surface area contributed by atoms with E-state index in [-0.39, 0.29) is 11.8 Å². The average molecular weight is 482 g/mol. The predicted octanol–water partition coefficient (Wildman–Crippen LogP) is 5.15. The topological polar surface area (TPSA) is 61.4 Å². The SMILES string of the molecule is CC(=O)Nc1cc(CNCc2ccc(C(F)(F)F)cc2)cc(C(=O)N2CCc3ccccc3C2)c1. The van der Waals surface area contributed by atoms with Gasteiger partial charge in [-0.15, -0.1) is 0 Å². The Morgan fingerprint density at radius 2 is 1.60 bits per heavy atom. The maximum Gasteiger partial charge on any atom is 0.416 e. The van der Waals surface area contributed by atoms with Gasteiger partial charge in [0, 0.05) is 44.4 Å². The van der Waals surface area contributed by atoms with Crippen molar-refractivity contribution < 1.29 is 22.8 Å². The number of nitrogens with zero attached hydrogens (tertiary/aromatic N) is 1. The van der Waals surface area contributed by atoms with Gasteiger partial charge in [-0.1, -0.05) is 36.4 Å². The van der Waals surface area contributed by atoms with E-state index in [9.17, 15) is 22.8 Å². The number of carbonyl (C=O) groups excluding carboxylic acids is 2. The lowest BCUT2D eigenvalue weighted by molar-refractivity contribution is -0.137. The van der Waals surface area contributed by atoms with Crippen molar-refractivity contribution in [3.8, 4) is 0 Å². The number of alkyl halides is 3. The van der Waals surface area contributed by atoms with Crippen molar-refractivity contribution in [2.75, 3.05) is 11.9 Å². The number of nitrogens with one attached hydrogen (secondary N) is 2. The standard InChI is InChI=1S/C27H26F3N3O2/c1-18(34)32-25-13-20(16-31-15-19-6-8-24(9-7-19)27(28,29)30)12-23(14-25)26(35)33-11-10-21-4-2-3-5-22(21)17-33/h2-9,12-14,31H,10-11,15-17H2,1H3,(H,32,34). The van der Waals surface area contributed by atoms with Crippen molar-refractivity contribution in [2.24, 2.45) is 0 Å². The fourth-order valence-electron chi connectivity index (χ4n) is 4.21. The molecule has 0 aliphatic carbocycles. The molecule has 0 atom stereocenters.